The van der Waals surface area contributed by atoms with Crippen LogP contribution in [0.5, 0.6) is 5.75 Å². The Morgan fingerprint density at radius 1 is 1.06 bits per heavy atom. The molecule has 0 saturated carbocycles. The van der Waals surface area contributed by atoms with E-state index in [4.69, 9.17) is 4.74 Å². The van der Waals surface area contributed by atoms with Gasteiger partial charge in [0.25, 0.3) is 0 Å². The number of para-hydroxylation sites is 1. The van der Waals surface area contributed by atoms with Crippen LogP contribution >= 0.6 is 11.8 Å². The summed E-state index contributed by atoms with van der Waals surface area (Å²) < 4.78 is 7.93. The van der Waals surface area contributed by atoms with Gasteiger partial charge in [-0.1, -0.05) is 43.8 Å². The number of hydrogen-bond acceptors (Lipinski definition) is 6. The average molecular weight is 446 g/mol. The second kappa shape index (κ2) is 11.2. The van der Waals surface area contributed by atoms with Gasteiger partial charge in [0.15, 0.2) is 11.0 Å². The maximum Gasteiger partial charge on any atom is 0.233 e. The second-order valence-electron chi connectivity index (χ2n) is 8.01. The molecule has 2 aromatic rings. The predicted molar refractivity (Wildman–Crippen MR) is 120 cm³/mol. The Kier molecular flexibility index (Phi) is 8.34. The SMILES string of the molecule is CC(=O)N1CCN(C(=O)CSc2nnc(COc3ccccc3)n2CCC(C)C)CC1. The molecule has 3 rings (SSSR count). The van der Waals surface area contributed by atoms with Crippen LogP contribution in [0.1, 0.15) is 33.0 Å². The summed E-state index contributed by atoms with van der Waals surface area (Å²) >= 11 is 1.41. The largest absolute Gasteiger partial charge is 0.486 e. The molecular weight excluding hydrogens is 414 g/mol. The highest BCUT2D eigenvalue weighted by Gasteiger charge is 2.23. The first-order valence-electron chi connectivity index (χ1n) is 10.7. The molecule has 0 aliphatic carbocycles. The van der Waals surface area contributed by atoms with Crippen LogP contribution in [0.3, 0.4) is 0 Å². The average Bonchev–Trinajstić information content (AvgIpc) is 3.17. The first kappa shape index (κ1) is 23.1. The fraction of sp³-hybridized carbons (Fsp3) is 0.545. The molecule has 0 radical (unpaired) electrons. The van der Waals surface area contributed by atoms with Crippen LogP contribution < -0.4 is 4.74 Å². The maximum absolute atomic E-state index is 12.7. The molecule has 0 bridgehead atoms. The Morgan fingerprint density at radius 3 is 2.39 bits per heavy atom. The van der Waals surface area contributed by atoms with E-state index in [0.717, 1.165) is 29.7 Å². The molecule has 1 aliphatic rings. The van der Waals surface area contributed by atoms with Crippen LogP contribution in [-0.4, -0.2) is 68.3 Å². The summed E-state index contributed by atoms with van der Waals surface area (Å²) in [6, 6.07) is 9.64. The van der Waals surface area contributed by atoms with Crippen molar-refractivity contribution in [1.82, 2.24) is 24.6 Å². The van der Waals surface area contributed by atoms with Gasteiger partial charge in [-0.3, -0.25) is 9.59 Å². The molecule has 2 amide bonds. The molecule has 1 saturated heterocycles. The lowest BCUT2D eigenvalue weighted by molar-refractivity contribution is -0.136. The number of aromatic nitrogens is 3. The highest BCUT2D eigenvalue weighted by atomic mass is 32.2. The molecule has 1 aliphatic heterocycles. The van der Waals surface area contributed by atoms with E-state index in [1.807, 2.05) is 35.2 Å². The second-order valence-corrected chi connectivity index (χ2v) is 8.95. The van der Waals surface area contributed by atoms with Gasteiger partial charge in [0.1, 0.15) is 12.4 Å². The van der Waals surface area contributed by atoms with Crippen LogP contribution in [0.15, 0.2) is 35.5 Å². The van der Waals surface area contributed by atoms with Gasteiger partial charge in [0.05, 0.1) is 5.75 Å². The van der Waals surface area contributed by atoms with Crippen molar-refractivity contribution in [2.24, 2.45) is 5.92 Å². The van der Waals surface area contributed by atoms with E-state index in [-0.39, 0.29) is 11.8 Å². The molecule has 31 heavy (non-hydrogen) atoms. The van der Waals surface area contributed by atoms with Crippen molar-refractivity contribution in [3.8, 4) is 5.75 Å². The normalized spacial score (nSPS) is 14.2. The van der Waals surface area contributed by atoms with E-state index >= 15 is 0 Å². The van der Waals surface area contributed by atoms with Crippen molar-refractivity contribution in [2.75, 3.05) is 31.9 Å². The first-order valence-corrected chi connectivity index (χ1v) is 11.7. The molecule has 0 spiro atoms. The van der Waals surface area contributed by atoms with Crippen molar-refractivity contribution in [3.05, 3.63) is 36.2 Å². The number of piperazine rings is 1. The van der Waals surface area contributed by atoms with Gasteiger partial charge in [-0.2, -0.15) is 0 Å². The monoisotopic (exact) mass is 445 g/mol. The Bertz CT molecular complexity index is 863. The number of ether oxygens (including phenoxy) is 1. The molecule has 8 nitrogen and oxygen atoms in total. The number of rotatable bonds is 9. The van der Waals surface area contributed by atoms with E-state index in [9.17, 15) is 9.59 Å². The van der Waals surface area contributed by atoms with E-state index in [1.165, 1.54) is 11.8 Å². The Morgan fingerprint density at radius 2 is 1.74 bits per heavy atom. The number of amides is 2. The third kappa shape index (κ3) is 6.72. The summed E-state index contributed by atoms with van der Waals surface area (Å²) in [4.78, 5) is 27.7. The van der Waals surface area contributed by atoms with E-state index < -0.39 is 0 Å². The fourth-order valence-corrected chi connectivity index (χ4v) is 4.18. The Balaban J connectivity index is 1.59. The lowest BCUT2D eigenvalue weighted by Crippen LogP contribution is -2.50. The molecule has 0 atom stereocenters. The lowest BCUT2D eigenvalue weighted by Gasteiger charge is -2.34. The standard InChI is InChI=1S/C22H31N5O3S/c1-17(2)9-10-27-20(15-30-19-7-5-4-6-8-19)23-24-22(27)31-16-21(29)26-13-11-25(12-14-26)18(3)28/h4-8,17H,9-16H2,1-3H3. The minimum absolute atomic E-state index is 0.0602. The fourth-order valence-electron chi connectivity index (χ4n) is 3.30. The summed E-state index contributed by atoms with van der Waals surface area (Å²) in [5, 5.41) is 9.40. The number of carbonyl (C=O) groups is 2. The minimum atomic E-state index is 0.0602. The molecule has 168 valence electrons. The van der Waals surface area contributed by atoms with Gasteiger partial charge in [0.2, 0.25) is 11.8 Å². The van der Waals surface area contributed by atoms with Crippen LogP contribution in [0.4, 0.5) is 0 Å². The van der Waals surface area contributed by atoms with E-state index in [2.05, 4.69) is 28.6 Å². The number of benzene rings is 1. The van der Waals surface area contributed by atoms with Crippen molar-refractivity contribution in [2.45, 2.75) is 45.5 Å². The zero-order valence-electron chi connectivity index (χ0n) is 18.5. The van der Waals surface area contributed by atoms with Gasteiger partial charge in [-0.15, -0.1) is 10.2 Å². The molecule has 1 aromatic carbocycles. The Hall–Kier alpha value is -2.55. The first-order chi connectivity index (χ1) is 14.9. The van der Waals surface area contributed by atoms with Crippen LogP contribution in [0.2, 0.25) is 0 Å². The summed E-state index contributed by atoms with van der Waals surface area (Å²) in [6.45, 7) is 9.39. The van der Waals surface area contributed by atoms with Crippen LogP contribution in [-0.2, 0) is 22.7 Å². The molecule has 2 heterocycles. The number of hydrogen-bond donors (Lipinski definition) is 0. The lowest BCUT2D eigenvalue weighted by atomic mass is 10.1. The molecule has 0 N–H and O–H groups in total. The molecular formula is C22H31N5O3S. The highest BCUT2D eigenvalue weighted by molar-refractivity contribution is 7.99. The van der Waals surface area contributed by atoms with Crippen LogP contribution in [0.25, 0.3) is 0 Å². The molecule has 1 aromatic heterocycles. The highest BCUT2D eigenvalue weighted by Crippen LogP contribution is 2.21. The number of carbonyl (C=O) groups excluding carboxylic acids is 2. The van der Waals surface area contributed by atoms with Gasteiger partial charge < -0.3 is 19.1 Å². The van der Waals surface area contributed by atoms with Gasteiger partial charge >= 0.3 is 0 Å². The quantitative estimate of drug-likeness (QED) is 0.552. The molecule has 1 fully saturated rings. The van der Waals surface area contributed by atoms with E-state index in [0.29, 0.717) is 44.5 Å². The molecule has 9 heteroatoms. The number of thioether (sulfide) groups is 1. The summed E-state index contributed by atoms with van der Waals surface area (Å²) in [5.74, 6) is 2.52. The van der Waals surface area contributed by atoms with Crippen molar-refractivity contribution < 1.29 is 14.3 Å². The van der Waals surface area contributed by atoms with Gasteiger partial charge in [0, 0.05) is 39.6 Å². The topological polar surface area (TPSA) is 80.6 Å². The minimum Gasteiger partial charge on any atom is -0.486 e. The molecule has 0 unspecified atom stereocenters. The smallest absolute Gasteiger partial charge is 0.233 e. The summed E-state index contributed by atoms with van der Waals surface area (Å²) in [7, 11) is 0. The van der Waals surface area contributed by atoms with Crippen molar-refractivity contribution >= 4 is 23.6 Å². The van der Waals surface area contributed by atoms with E-state index in [1.54, 1.807) is 11.8 Å². The Labute approximate surface area is 187 Å². The van der Waals surface area contributed by atoms with Crippen molar-refractivity contribution in [3.63, 3.8) is 0 Å². The van der Waals surface area contributed by atoms with Crippen molar-refractivity contribution in [1.29, 1.82) is 0 Å². The van der Waals surface area contributed by atoms with Gasteiger partial charge in [-0.05, 0) is 24.5 Å². The number of nitrogens with zero attached hydrogens (tertiary/aromatic N) is 5. The third-order valence-electron chi connectivity index (χ3n) is 5.24. The summed E-state index contributed by atoms with van der Waals surface area (Å²) in [5.41, 5.74) is 0. The zero-order chi connectivity index (χ0) is 22.2. The summed E-state index contributed by atoms with van der Waals surface area (Å²) in [6.07, 6.45) is 0.991. The predicted octanol–water partition coefficient (Wildman–Crippen LogP) is 2.69. The zero-order valence-corrected chi connectivity index (χ0v) is 19.3. The maximum atomic E-state index is 12.7. The van der Waals surface area contributed by atoms with Crippen LogP contribution in [0, 0.1) is 5.92 Å². The van der Waals surface area contributed by atoms with Gasteiger partial charge in [-0.25, -0.2) is 0 Å². The third-order valence-corrected chi connectivity index (χ3v) is 6.19.